The summed E-state index contributed by atoms with van der Waals surface area (Å²) >= 11 is 0. The van der Waals surface area contributed by atoms with Gasteiger partial charge in [-0.3, -0.25) is 4.79 Å². The van der Waals surface area contributed by atoms with Crippen LogP contribution in [0.2, 0.25) is 0 Å². The molecule has 3 rings (SSSR count). The number of carbonyl (C=O) groups is 2. The number of nitrogens with one attached hydrogen (secondary N) is 2. The number of halogens is 3. The molecule has 0 aliphatic rings. The van der Waals surface area contributed by atoms with E-state index >= 15 is 0 Å². The van der Waals surface area contributed by atoms with Crippen LogP contribution in [0.4, 0.5) is 30.6 Å². The third-order valence-corrected chi connectivity index (χ3v) is 3.71. The maximum atomic E-state index is 11.2. The highest BCUT2D eigenvalue weighted by Crippen LogP contribution is 2.28. The summed E-state index contributed by atoms with van der Waals surface area (Å²) in [4.78, 5) is 28.6. The lowest BCUT2D eigenvalue weighted by atomic mass is 10.0. The Hall–Kier alpha value is -3.89. The number of fused-ring (bicyclic) bond motifs is 1. The number of rotatable bonds is 3. The number of hydrogen-bond donors (Lipinski definition) is 4. The van der Waals surface area contributed by atoms with Crippen molar-refractivity contribution in [2.24, 2.45) is 0 Å². The molecule has 0 atom stereocenters. The minimum atomic E-state index is -5.08. The van der Waals surface area contributed by atoms with E-state index in [1.165, 1.54) is 6.92 Å². The summed E-state index contributed by atoms with van der Waals surface area (Å²) in [6.45, 7) is 1.49. The molecule has 0 aliphatic heterocycles. The van der Waals surface area contributed by atoms with Gasteiger partial charge in [-0.15, -0.1) is 0 Å². The second-order valence-electron chi connectivity index (χ2n) is 5.98. The number of hydrogen-bond acceptors (Lipinski definition) is 6. The first-order chi connectivity index (χ1) is 14.0. The first-order valence-electron chi connectivity index (χ1n) is 8.44. The van der Waals surface area contributed by atoms with E-state index in [0.717, 1.165) is 27.7 Å². The zero-order valence-electron chi connectivity index (χ0n) is 15.9. The molecule has 1 heterocycles. The fourth-order valence-corrected chi connectivity index (χ4v) is 2.50. The molecule has 1 aromatic heterocycles. The summed E-state index contributed by atoms with van der Waals surface area (Å²) in [5.41, 5.74) is 9.26. The summed E-state index contributed by atoms with van der Waals surface area (Å²) in [6, 6.07) is 13.6. The number of alkyl halides is 3. The summed E-state index contributed by atoms with van der Waals surface area (Å²) in [5, 5.41) is 13.8. The van der Waals surface area contributed by atoms with Crippen LogP contribution in [0, 0.1) is 0 Å². The van der Waals surface area contributed by atoms with Crippen molar-refractivity contribution in [1.29, 1.82) is 0 Å². The van der Waals surface area contributed by atoms with E-state index in [0.29, 0.717) is 5.82 Å². The molecule has 0 radical (unpaired) electrons. The van der Waals surface area contributed by atoms with Gasteiger partial charge in [0.1, 0.15) is 5.82 Å². The minimum Gasteiger partial charge on any atom is -0.475 e. The van der Waals surface area contributed by atoms with Gasteiger partial charge in [0.15, 0.2) is 0 Å². The monoisotopic (exact) mass is 421 g/mol. The quantitative estimate of drug-likeness (QED) is 0.509. The molecule has 1 amide bonds. The first-order valence-corrected chi connectivity index (χ1v) is 8.44. The fraction of sp³-hybridized carbons (Fsp3) is 0.158. The molecule has 0 saturated carbocycles. The lowest BCUT2D eigenvalue weighted by Crippen LogP contribution is -2.21. The lowest BCUT2D eigenvalue weighted by Gasteiger charge is -2.09. The Bertz CT molecular complexity index is 1090. The number of amides is 1. The van der Waals surface area contributed by atoms with E-state index in [-0.39, 0.29) is 11.9 Å². The molecule has 8 nitrogen and oxygen atoms in total. The van der Waals surface area contributed by atoms with Crippen molar-refractivity contribution in [3.8, 4) is 11.1 Å². The standard InChI is InChI=1S/C17H17N5O.C2HF3O2/c1-10(23)20-13-5-3-4-11(8-13)12-6-7-14-15(9-12)21-17(18)22-16(14)19-2;3-2(4,5)1(6)7/h3-9H,1-2H3,(H,20,23)(H3,18,19,21,22);(H,6,7). The largest absolute Gasteiger partial charge is 0.490 e. The van der Waals surface area contributed by atoms with Crippen molar-refractivity contribution < 1.29 is 27.9 Å². The maximum Gasteiger partial charge on any atom is 0.490 e. The van der Waals surface area contributed by atoms with Gasteiger partial charge in [-0.25, -0.2) is 9.78 Å². The fourth-order valence-electron chi connectivity index (χ4n) is 2.50. The van der Waals surface area contributed by atoms with Gasteiger partial charge in [0.05, 0.1) is 5.52 Å². The molecule has 0 fully saturated rings. The zero-order chi connectivity index (χ0) is 22.5. The van der Waals surface area contributed by atoms with E-state index in [4.69, 9.17) is 15.6 Å². The van der Waals surface area contributed by atoms with Crippen LogP contribution in [0.3, 0.4) is 0 Å². The molecular formula is C19H18F3N5O3. The highest BCUT2D eigenvalue weighted by molar-refractivity contribution is 5.94. The highest BCUT2D eigenvalue weighted by atomic mass is 19.4. The molecule has 0 bridgehead atoms. The smallest absolute Gasteiger partial charge is 0.475 e. The Labute approximate surface area is 168 Å². The van der Waals surface area contributed by atoms with Crippen molar-refractivity contribution in [3.63, 3.8) is 0 Å². The lowest BCUT2D eigenvalue weighted by molar-refractivity contribution is -0.192. The van der Waals surface area contributed by atoms with Crippen molar-refractivity contribution in [2.75, 3.05) is 23.4 Å². The van der Waals surface area contributed by atoms with Gasteiger partial charge in [-0.2, -0.15) is 18.2 Å². The van der Waals surface area contributed by atoms with E-state index < -0.39 is 12.1 Å². The number of benzene rings is 2. The highest BCUT2D eigenvalue weighted by Gasteiger charge is 2.38. The minimum absolute atomic E-state index is 0.0974. The normalized spacial score (nSPS) is 10.7. The molecule has 0 spiro atoms. The zero-order valence-corrected chi connectivity index (χ0v) is 15.9. The number of aromatic nitrogens is 2. The second kappa shape index (κ2) is 9.07. The molecule has 3 aromatic rings. The number of carboxylic acids is 1. The van der Waals surface area contributed by atoms with Gasteiger partial charge < -0.3 is 21.5 Å². The number of carboxylic acid groups (broad SMARTS) is 1. The van der Waals surface area contributed by atoms with Crippen LogP contribution in [0.25, 0.3) is 22.0 Å². The predicted molar refractivity (Wildman–Crippen MR) is 107 cm³/mol. The van der Waals surface area contributed by atoms with Crippen LogP contribution in [0.5, 0.6) is 0 Å². The Morgan fingerprint density at radius 2 is 1.70 bits per heavy atom. The Morgan fingerprint density at radius 3 is 2.27 bits per heavy atom. The van der Waals surface area contributed by atoms with Crippen LogP contribution in [0.1, 0.15) is 6.92 Å². The van der Waals surface area contributed by atoms with Crippen molar-refractivity contribution in [3.05, 3.63) is 42.5 Å². The van der Waals surface area contributed by atoms with E-state index in [1.54, 1.807) is 7.05 Å². The predicted octanol–water partition coefficient (Wildman–Crippen LogP) is 3.51. The second-order valence-corrected chi connectivity index (χ2v) is 5.98. The molecule has 11 heteroatoms. The Balaban J connectivity index is 0.000000396. The van der Waals surface area contributed by atoms with Crippen molar-refractivity contribution in [2.45, 2.75) is 13.1 Å². The Kier molecular flexibility index (Phi) is 6.77. The van der Waals surface area contributed by atoms with Crippen LogP contribution in [-0.4, -0.2) is 40.2 Å². The number of nitrogens with zero attached hydrogens (tertiary/aromatic N) is 2. The van der Waals surface area contributed by atoms with E-state index in [9.17, 15) is 18.0 Å². The number of nitrogen functional groups attached to an aromatic ring is 1. The van der Waals surface area contributed by atoms with Gasteiger partial charge in [0.25, 0.3) is 0 Å². The van der Waals surface area contributed by atoms with E-state index in [2.05, 4.69) is 20.6 Å². The number of aliphatic carboxylic acids is 1. The van der Waals surface area contributed by atoms with Crippen molar-refractivity contribution >= 4 is 40.2 Å². The van der Waals surface area contributed by atoms with E-state index in [1.807, 2.05) is 42.5 Å². The SMILES string of the molecule is CNc1nc(N)nc2cc(-c3cccc(NC(C)=O)c3)ccc12.O=C(O)C(F)(F)F. The van der Waals surface area contributed by atoms with Crippen LogP contribution in [0.15, 0.2) is 42.5 Å². The molecule has 0 saturated heterocycles. The van der Waals surface area contributed by atoms with Crippen LogP contribution >= 0.6 is 0 Å². The van der Waals surface area contributed by atoms with Gasteiger partial charge in [0, 0.05) is 25.0 Å². The van der Waals surface area contributed by atoms with Gasteiger partial charge >= 0.3 is 12.1 Å². The Morgan fingerprint density at radius 1 is 1.07 bits per heavy atom. The summed E-state index contributed by atoms with van der Waals surface area (Å²) in [6.07, 6.45) is -5.08. The van der Waals surface area contributed by atoms with Gasteiger partial charge in [-0.05, 0) is 35.4 Å². The van der Waals surface area contributed by atoms with Gasteiger partial charge in [0.2, 0.25) is 11.9 Å². The average molecular weight is 421 g/mol. The van der Waals surface area contributed by atoms with Crippen LogP contribution < -0.4 is 16.4 Å². The summed E-state index contributed by atoms with van der Waals surface area (Å²) in [5.74, 6) is -1.93. The van der Waals surface area contributed by atoms with Crippen molar-refractivity contribution in [1.82, 2.24) is 9.97 Å². The summed E-state index contributed by atoms with van der Waals surface area (Å²) in [7, 11) is 1.80. The number of carbonyl (C=O) groups excluding carboxylic acids is 1. The first kappa shape index (κ1) is 22.4. The molecular weight excluding hydrogens is 403 g/mol. The molecule has 0 aliphatic carbocycles. The topological polar surface area (TPSA) is 130 Å². The third-order valence-electron chi connectivity index (χ3n) is 3.71. The molecule has 0 unspecified atom stereocenters. The molecule has 5 N–H and O–H groups in total. The molecule has 30 heavy (non-hydrogen) atoms. The molecule has 158 valence electrons. The number of anilines is 3. The number of nitrogens with two attached hydrogens (primary N) is 1. The average Bonchev–Trinajstić information content (AvgIpc) is 2.66. The third kappa shape index (κ3) is 5.80. The summed E-state index contributed by atoms with van der Waals surface area (Å²) < 4.78 is 31.7. The van der Waals surface area contributed by atoms with Gasteiger partial charge in [-0.1, -0.05) is 18.2 Å². The maximum absolute atomic E-state index is 11.2. The van der Waals surface area contributed by atoms with Crippen LogP contribution in [-0.2, 0) is 9.59 Å². The molecule has 2 aromatic carbocycles.